The lowest BCUT2D eigenvalue weighted by molar-refractivity contribution is 0.0693. The monoisotopic (exact) mass is 435 g/mol. The first kappa shape index (κ1) is 21.6. The molecule has 1 aliphatic rings. The lowest BCUT2D eigenvalue weighted by Gasteiger charge is -2.33. The van der Waals surface area contributed by atoms with E-state index in [0.717, 1.165) is 23.1 Å². The minimum atomic E-state index is -1.27. The van der Waals surface area contributed by atoms with Gasteiger partial charge in [0.2, 0.25) is 6.23 Å². The second-order valence-corrected chi connectivity index (χ2v) is 7.78. The number of aryl methyl sites for hydroxylation is 2. The number of carboxylic acids is 1. The van der Waals surface area contributed by atoms with Gasteiger partial charge in [0.15, 0.2) is 5.43 Å². The normalized spacial score (nSPS) is 14.3. The van der Waals surface area contributed by atoms with E-state index in [1.807, 2.05) is 50.2 Å². The highest BCUT2D eigenvalue weighted by atomic mass is 16.5. The Hall–Kier alpha value is -3.58. The SMILES string of the molecule is COCCCOc1cc2c(cc1C)-c1cc(=O)c(C(=O)O)cn1C(c1ccccc1C)O2. The third-order valence-electron chi connectivity index (χ3n) is 5.56. The topological polar surface area (TPSA) is 87.0 Å². The summed E-state index contributed by atoms with van der Waals surface area (Å²) >= 11 is 0. The molecule has 32 heavy (non-hydrogen) atoms. The summed E-state index contributed by atoms with van der Waals surface area (Å²) in [5, 5.41) is 9.50. The quantitative estimate of drug-likeness (QED) is 0.560. The summed E-state index contributed by atoms with van der Waals surface area (Å²) in [5.74, 6) is 0.00465. The average Bonchev–Trinajstić information content (AvgIpc) is 2.76. The van der Waals surface area contributed by atoms with E-state index in [4.69, 9.17) is 14.2 Å². The van der Waals surface area contributed by atoms with Crippen LogP contribution in [0.25, 0.3) is 11.3 Å². The summed E-state index contributed by atoms with van der Waals surface area (Å²) < 4.78 is 19.1. The highest BCUT2D eigenvalue weighted by Crippen LogP contribution is 2.43. The Kier molecular flexibility index (Phi) is 6.01. The maximum Gasteiger partial charge on any atom is 0.341 e. The first-order valence-electron chi connectivity index (χ1n) is 10.4. The fourth-order valence-electron chi connectivity index (χ4n) is 3.88. The molecule has 0 bridgehead atoms. The lowest BCUT2D eigenvalue weighted by atomic mass is 10.00. The number of hydrogen-bond acceptors (Lipinski definition) is 5. The zero-order valence-corrected chi connectivity index (χ0v) is 18.3. The van der Waals surface area contributed by atoms with Gasteiger partial charge in [-0.15, -0.1) is 0 Å². The summed E-state index contributed by atoms with van der Waals surface area (Å²) in [7, 11) is 1.65. The minimum absolute atomic E-state index is 0.297. The third kappa shape index (κ3) is 3.99. The first-order valence-corrected chi connectivity index (χ1v) is 10.4. The first-order chi connectivity index (χ1) is 15.4. The molecule has 166 valence electrons. The van der Waals surface area contributed by atoms with Gasteiger partial charge in [0.1, 0.15) is 17.1 Å². The summed E-state index contributed by atoms with van der Waals surface area (Å²) in [6, 6.07) is 12.8. The van der Waals surface area contributed by atoms with Gasteiger partial charge in [-0.25, -0.2) is 4.79 Å². The van der Waals surface area contributed by atoms with Gasteiger partial charge in [-0.2, -0.15) is 0 Å². The molecule has 2 aromatic carbocycles. The largest absolute Gasteiger partial charge is 0.493 e. The summed E-state index contributed by atoms with van der Waals surface area (Å²) in [4.78, 5) is 24.2. The van der Waals surface area contributed by atoms with Gasteiger partial charge >= 0.3 is 5.97 Å². The van der Waals surface area contributed by atoms with Crippen molar-refractivity contribution < 1.29 is 24.1 Å². The van der Waals surface area contributed by atoms with Gasteiger partial charge in [-0.05, 0) is 31.0 Å². The van der Waals surface area contributed by atoms with Gasteiger partial charge < -0.3 is 23.9 Å². The Labute approximate surface area is 185 Å². The van der Waals surface area contributed by atoms with E-state index in [0.29, 0.717) is 36.0 Å². The highest BCUT2D eigenvalue weighted by Gasteiger charge is 2.30. The molecule has 4 rings (SSSR count). The standard InChI is InChI=1S/C25H25NO6/c1-15-7-4-5-8-17(15)24-26-14-19(25(28)29)21(27)12-20(26)18-11-16(2)22(13-23(18)32-24)31-10-6-9-30-3/h4-5,7-8,11-14,24H,6,9-10H2,1-3H3,(H,28,29). The Morgan fingerprint density at radius 1 is 1.12 bits per heavy atom. The molecule has 1 aliphatic heterocycles. The van der Waals surface area contributed by atoms with Crippen LogP contribution >= 0.6 is 0 Å². The molecule has 1 aromatic heterocycles. The van der Waals surface area contributed by atoms with E-state index in [2.05, 4.69) is 0 Å². The van der Waals surface area contributed by atoms with E-state index in [1.165, 1.54) is 12.3 Å². The summed E-state index contributed by atoms with van der Waals surface area (Å²) in [5.41, 5.74) is 3.23. The number of carbonyl (C=O) groups is 1. The maximum absolute atomic E-state index is 12.5. The number of nitrogens with zero attached hydrogens (tertiary/aromatic N) is 1. The van der Waals surface area contributed by atoms with Crippen LogP contribution in [0.4, 0.5) is 0 Å². The number of pyridine rings is 1. The molecule has 0 aliphatic carbocycles. The molecule has 7 nitrogen and oxygen atoms in total. The summed E-state index contributed by atoms with van der Waals surface area (Å²) in [6.45, 7) is 5.01. The Morgan fingerprint density at radius 3 is 2.62 bits per heavy atom. The van der Waals surface area contributed by atoms with Crippen LogP contribution in [-0.2, 0) is 4.74 Å². The molecule has 0 saturated heterocycles. The maximum atomic E-state index is 12.5. The van der Waals surface area contributed by atoms with E-state index in [9.17, 15) is 14.7 Å². The highest BCUT2D eigenvalue weighted by molar-refractivity contribution is 5.88. The van der Waals surface area contributed by atoms with Crippen LogP contribution in [0.3, 0.4) is 0 Å². The predicted octanol–water partition coefficient (Wildman–Crippen LogP) is 4.18. The molecule has 0 spiro atoms. The smallest absolute Gasteiger partial charge is 0.341 e. The molecule has 0 fully saturated rings. The fraction of sp³-hybridized carbons (Fsp3) is 0.280. The molecule has 0 saturated carbocycles. The van der Waals surface area contributed by atoms with Gasteiger partial charge in [-0.1, -0.05) is 24.3 Å². The fourth-order valence-corrected chi connectivity index (χ4v) is 3.88. The van der Waals surface area contributed by atoms with Crippen molar-refractivity contribution in [3.63, 3.8) is 0 Å². The number of fused-ring (bicyclic) bond motifs is 3. The molecule has 1 atom stereocenters. The number of aromatic nitrogens is 1. The van der Waals surface area contributed by atoms with Crippen molar-refractivity contribution in [3.05, 3.63) is 81.1 Å². The van der Waals surface area contributed by atoms with Crippen LogP contribution in [-0.4, -0.2) is 36.0 Å². The number of rotatable bonds is 7. The van der Waals surface area contributed by atoms with Crippen LogP contribution in [0.1, 0.15) is 39.7 Å². The van der Waals surface area contributed by atoms with Crippen molar-refractivity contribution in [3.8, 4) is 22.8 Å². The summed E-state index contributed by atoms with van der Waals surface area (Å²) in [6.07, 6.45) is 1.50. The van der Waals surface area contributed by atoms with Crippen LogP contribution in [0.5, 0.6) is 11.5 Å². The Morgan fingerprint density at radius 2 is 1.91 bits per heavy atom. The number of hydrogen-bond donors (Lipinski definition) is 1. The van der Waals surface area contributed by atoms with Gasteiger partial charge in [-0.3, -0.25) is 4.79 Å². The molecular weight excluding hydrogens is 410 g/mol. The molecule has 2 heterocycles. The molecule has 0 amide bonds. The van der Waals surface area contributed by atoms with Gasteiger partial charge in [0, 0.05) is 49.6 Å². The molecule has 1 unspecified atom stereocenters. The van der Waals surface area contributed by atoms with Crippen molar-refractivity contribution in [2.75, 3.05) is 20.3 Å². The van der Waals surface area contributed by atoms with Gasteiger partial charge in [0.25, 0.3) is 0 Å². The van der Waals surface area contributed by atoms with Crippen molar-refractivity contribution >= 4 is 5.97 Å². The van der Waals surface area contributed by atoms with E-state index in [-0.39, 0.29) is 5.56 Å². The van der Waals surface area contributed by atoms with Crippen LogP contribution < -0.4 is 14.9 Å². The van der Waals surface area contributed by atoms with Gasteiger partial charge in [0.05, 0.1) is 12.3 Å². The second-order valence-electron chi connectivity index (χ2n) is 7.78. The number of aromatic carboxylic acids is 1. The number of methoxy groups -OCH3 is 1. The number of carboxylic acid groups (broad SMARTS) is 1. The number of ether oxygens (including phenoxy) is 3. The Balaban J connectivity index is 1.86. The minimum Gasteiger partial charge on any atom is -0.493 e. The zero-order valence-electron chi connectivity index (χ0n) is 18.3. The molecule has 0 radical (unpaired) electrons. The molecule has 7 heteroatoms. The van der Waals surface area contributed by atoms with Crippen molar-refractivity contribution in [2.45, 2.75) is 26.5 Å². The van der Waals surface area contributed by atoms with Crippen molar-refractivity contribution in [2.24, 2.45) is 0 Å². The third-order valence-corrected chi connectivity index (χ3v) is 5.56. The second kappa shape index (κ2) is 8.88. The van der Waals surface area contributed by atoms with E-state index >= 15 is 0 Å². The van der Waals surface area contributed by atoms with Crippen LogP contribution in [0, 0.1) is 13.8 Å². The van der Waals surface area contributed by atoms with Crippen LogP contribution in [0.2, 0.25) is 0 Å². The zero-order chi connectivity index (χ0) is 22.8. The van der Waals surface area contributed by atoms with Crippen molar-refractivity contribution in [1.82, 2.24) is 4.57 Å². The number of benzene rings is 2. The van der Waals surface area contributed by atoms with E-state index in [1.54, 1.807) is 11.7 Å². The van der Waals surface area contributed by atoms with E-state index < -0.39 is 17.6 Å². The predicted molar refractivity (Wildman–Crippen MR) is 120 cm³/mol. The Bertz CT molecular complexity index is 1230. The van der Waals surface area contributed by atoms with Crippen molar-refractivity contribution in [1.29, 1.82) is 0 Å². The van der Waals surface area contributed by atoms with Crippen LogP contribution in [0.15, 0.2) is 53.5 Å². The molecule has 1 N–H and O–H groups in total. The molecular formula is C25H25NO6. The lowest BCUT2D eigenvalue weighted by Crippen LogP contribution is -2.28. The molecule has 3 aromatic rings. The average molecular weight is 435 g/mol.